The minimum absolute atomic E-state index is 0.0862. The zero-order valence-corrected chi connectivity index (χ0v) is 18.8. The number of hydrogen-bond acceptors (Lipinski definition) is 6. The standard InChI is InChI=1S/C22H19BrN6O3/c1-11-6-17-16(25-21(30)20-27-26-19(29(17)20)13-3-5-32-10-13)8-15(11)22(31)28-4-2-12-7-14(23)9-24-18(12)28/h6-9,13H,2-5,10H2,1H3,(H,25,30). The molecular weight excluding hydrogens is 476 g/mol. The molecule has 1 N–H and O–H groups in total. The van der Waals surface area contributed by atoms with Crippen LogP contribution >= 0.6 is 15.9 Å². The molecule has 1 saturated heterocycles. The van der Waals surface area contributed by atoms with Crippen molar-refractivity contribution in [2.45, 2.75) is 25.7 Å². The van der Waals surface area contributed by atoms with Gasteiger partial charge in [0.15, 0.2) is 0 Å². The van der Waals surface area contributed by atoms with Gasteiger partial charge >= 0.3 is 0 Å². The number of H-pyrrole nitrogens is 1. The van der Waals surface area contributed by atoms with Crippen LogP contribution in [0.15, 0.2) is 33.7 Å². The maximum absolute atomic E-state index is 13.5. The summed E-state index contributed by atoms with van der Waals surface area (Å²) in [6, 6.07) is 5.66. The molecule has 1 aromatic carbocycles. The van der Waals surface area contributed by atoms with Crippen molar-refractivity contribution in [3.8, 4) is 0 Å². The van der Waals surface area contributed by atoms with Crippen molar-refractivity contribution in [2.75, 3.05) is 24.7 Å². The van der Waals surface area contributed by atoms with Crippen molar-refractivity contribution in [3.05, 3.63) is 61.7 Å². The van der Waals surface area contributed by atoms with Crippen LogP contribution in [-0.4, -0.2) is 50.2 Å². The molecule has 9 nitrogen and oxygen atoms in total. The van der Waals surface area contributed by atoms with E-state index in [1.54, 1.807) is 21.6 Å². The average molecular weight is 495 g/mol. The van der Waals surface area contributed by atoms with E-state index in [4.69, 9.17) is 4.74 Å². The molecule has 3 aromatic heterocycles. The molecule has 5 heterocycles. The van der Waals surface area contributed by atoms with Gasteiger partial charge in [-0.05, 0) is 65.0 Å². The van der Waals surface area contributed by atoms with Gasteiger partial charge in [-0.1, -0.05) is 0 Å². The van der Waals surface area contributed by atoms with Gasteiger partial charge in [0.2, 0.25) is 5.65 Å². The number of nitrogens with one attached hydrogen (secondary N) is 1. The zero-order chi connectivity index (χ0) is 22.0. The van der Waals surface area contributed by atoms with E-state index in [1.807, 2.05) is 19.1 Å². The minimum Gasteiger partial charge on any atom is -0.381 e. The number of carbonyl (C=O) groups is 1. The van der Waals surface area contributed by atoms with Crippen LogP contribution in [0.3, 0.4) is 0 Å². The summed E-state index contributed by atoms with van der Waals surface area (Å²) >= 11 is 3.44. The molecule has 0 aliphatic carbocycles. The molecule has 1 fully saturated rings. The van der Waals surface area contributed by atoms with Crippen molar-refractivity contribution < 1.29 is 9.53 Å². The van der Waals surface area contributed by atoms with Gasteiger partial charge in [0.05, 0.1) is 17.6 Å². The predicted octanol–water partition coefficient (Wildman–Crippen LogP) is 2.74. The van der Waals surface area contributed by atoms with E-state index in [-0.39, 0.29) is 23.0 Å². The van der Waals surface area contributed by atoms with Crippen molar-refractivity contribution in [3.63, 3.8) is 0 Å². The van der Waals surface area contributed by atoms with Gasteiger partial charge in [-0.15, -0.1) is 10.2 Å². The highest BCUT2D eigenvalue weighted by atomic mass is 79.9. The van der Waals surface area contributed by atoms with Crippen LogP contribution in [0.2, 0.25) is 0 Å². The van der Waals surface area contributed by atoms with E-state index in [1.165, 1.54) is 0 Å². The minimum atomic E-state index is -0.338. The number of nitrogens with zero attached hydrogens (tertiary/aromatic N) is 5. The number of pyridine rings is 1. The fourth-order valence-electron chi connectivity index (χ4n) is 4.65. The summed E-state index contributed by atoms with van der Waals surface area (Å²) in [4.78, 5) is 35.2. The number of benzene rings is 1. The summed E-state index contributed by atoms with van der Waals surface area (Å²) in [7, 11) is 0. The lowest BCUT2D eigenvalue weighted by molar-refractivity contribution is 0.0988. The van der Waals surface area contributed by atoms with Crippen molar-refractivity contribution in [1.82, 2.24) is 24.6 Å². The highest BCUT2D eigenvalue weighted by Crippen LogP contribution is 2.31. The molecule has 1 unspecified atom stereocenters. The molecule has 6 rings (SSSR count). The molecule has 32 heavy (non-hydrogen) atoms. The number of rotatable bonds is 2. The first kappa shape index (κ1) is 19.6. The molecule has 0 radical (unpaired) electrons. The van der Waals surface area contributed by atoms with Crippen LogP contribution in [0, 0.1) is 6.92 Å². The highest BCUT2D eigenvalue weighted by Gasteiger charge is 2.29. The fraction of sp³-hybridized carbons (Fsp3) is 0.318. The van der Waals surface area contributed by atoms with Crippen LogP contribution in [0.4, 0.5) is 5.82 Å². The molecule has 2 aliphatic rings. The summed E-state index contributed by atoms with van der Waals surface area (Å²) in [5.41, 5.74) is 3.63. The SMILES string of the molecule is Cc1cc2c(cc1C(=O)N1CCc3cc(Br)cnc31)[nH]c(=O)c1nnc(C3CCOC3)n12. The second-order valence-corrected chi connectivity index (χ2v) is 9.17. The fourth-order valence-corrected chi connectivity index (χ4v) is 5.03. The largest absolute Gasteiger partial charge is 0.381 e. The molecule has 1 amide bonds. The molecule has 162 valence electrons. The number of amides is 1. The highest BCUT2D eigenvalue weighted by molar-refractivity contribution is 9.10. The van der Waals surface area contributed by atoms with E-state index >= 15 is 0 Å². The van der Waals surface area contributed by atoms with Crippen LogP contribution in [-0.2, 0) is 11.2 Å². The Bertz CT molecular complexity index is 1470. The molecule has 0 saturated carbocycles. The average Bonchev–Trinajstić information content (AvgIpc) is 3.52. The lowest BCUT2D eigenvalue weighted by atomic mass is 10.1. The Morgan fingerprint density at radius 3 is 2.97 bits per heavy atom. The number of halogens is 1. The van der Waals surface area contributed by atoms with Gasteiger partial charge in [-0.3, -0.25) is 18.9 Å². The topological polar surface area (TPSA) is 105 Å². The summed E-state index contributed by atoms with van der Waals surface area (Å²) in [6.45, 7) is 3.70. The van der Waals surface area contributed by atoms with E-state index < -0.39 is 0 Å². The second-order valence-electron chi connectivity index (χ2n) is 8.26. The van der Waals surface area contributed by atoms with Gasteiger partial charge < -0.3 is 9.72 Å². The third kappa shape index (κ3) is 2.90. The predicted molar refractivity (Wildman–Crippen MR) is 121 cm³/mol. The van der Waals surface area contributed by atoms with Gasteiger partial charge in [0, 0.05) is 35.3 Å². The maximum atomic E-state index is 13.5. The van der Waals surface area contributed by atoms with E-state index in [0.717, 1.165) is 39.8 Å². The number of aryl methyl sites for hydroxylation is 1. The van der Waals surface area contributed by atoms with Crippen molar-refractivity contribution >= 4 is 44.3 Å². The second kappa shape index (κ2) is 7.21. The van der Waals surface area contributed by atoms with Crippen LogP contribution < -0.4 is 10.5 Å². The lowest BCUT2D eigenvalue weighted by Gasteiger charge is -2.18. The summed E-state index contributed by atoms with van der Waals surface area (Å²) < 4.78 is 8.21. The number of carbonyl (C=O) groups excluding carboxylic acids is 1. The molecule has 1 atom stereocenters. The third-order valence-corrected chi connectivity index (χ3v) is 6.70. The molecule has 2 aliphatic heterocycles. The van der Waals surface area contributed by atoms with Crippen LogP contribution in [0.25, 0.3) is 16.7 Å². The summed E-state index contributed by atoms with van der Waals surface area (Å²) in [6.07, 6.45) is 3.29. The monoisotopic (exact) mass is 494 g/mol. The first-order chi connectivity index (χ1) is 15.5. The van der Waals surface area contributed by atoms with Crippen molar-refractivity contribution in [1.29, 1.82) is 0 Å². The Labute approximate surface area is 190 Å². The molecule has 0 spiro atoms. The Morgan fingerprint density at radius 1 is 1.28 bits per heavy atom. The normalized spacial score (nSPS) is 18.1. The first-order valence-electron chi connectivity index (χ1n) is 10.5. The van der Waals surface area contributed by atoms with E-state index in [0.29, 0.717) is 36.7 Å². The lowest BCUT2D eigenvalue weighted by Crippen LogP contribution is -2.30. The quantitative estimate of drug-likeness (QED) is 0.459. The first-order valence-corrected chi connectivity index (χ1v) is 11.3. The smallest absolute Gasteiger partial charge is 0.294 e. The van der Waals surface area contributed by atoms with Crippen LogP contribution in [0.1, 0.15) is 39.6 Å². The van der Waals surface area contributed by atoms with E-state index in [2.05, 4.69) is 36.1 Å². The molecule has 0 bridgehead atoms. The van der Waals surface area contributed by atoms with Gasteiger partial charge in [0.25, 0.3) is 11.5 Å². The molecule has 4 aromatic rings. The zero-order valence-electron chi connectivity index (χ0n) is 17.3. The Kier molecular flexibility index (Phi) is 4.41. The number of anilines is 1. The summed E-state index contributed by atoms with van der Waals surface area (Å²) in [5, 5.41) is 8.42. The third-order valence-electron chi connectivity index (χ3n) is 6.26. The molecular formula is C22H19BrN6O3. The van der Waals surface area contributed by atoms with E-state index in [9.17, 15) is 9.59 Å². The van der Waals surface area contributed by atoms with Gasteiger partial charge in [-0.25, -0.2) is 4.98 Å². The van der Waals surface area contributed by atoms with Crippen LogP contribution in [0.5, 0.6) is 0 Å². The number of hydrogen-bond donors (Lipinski definition) is 1. The Morgan fingerprint density at radius 2 is 2.16 bits per heavy atom. The molecule has 10 heteroatoms. The van der Waals surface area contributed by atoms with Gasteiger partial charge in [-0.2, -0.15) is 0 Å². The Balaban J connectivity index is 1.49. The number of aromatic nitrogens is 5. The van der Waals surface area contributed by atoms with Crippen molar-refractivity contribution in [2.24, 2.45) is 0 Å². The summed E-state index contributed by atoms with van der Waals surface area (Å²) in [5.74, 6) is 1.36. The Hall–Kier alpha value is -3.11. The maximum Gasteiger partial charge on any atom is 0.294 e. The van der Waals surface area contributed by atoms with Gasteiger partial charge in [0.1, 0.15) is 11.6 Å². The number of ether oxygens (including phenoxy) is 1. The number of aromatic amines is 1. The number of fused-ring (bicyclic) bond motifs is 4.